The summed E-state index contributed by atoms with van der Waals surface area (Å²) in [5.41, 5.74) is 6.68. The Morgan fingerprint density at radius 2 is 2.00 bits per heavy atom. The second-order valence-corrected chi connectivity index (χ2v) is 4.12. The Morgan fingerprint density at radius 1 is 1.22 bits per heavy atom. The smallest absolute Gasteiger partial charge is 0.137 e. The lowest BCUT2D eigenvalue weighted by Gasteiger charge is -2.08. The van der Waals surface area contributed by atoms with Gasteiger partial charge < -0.3 is 19.9 Å². The molecule has 0 bridgehead atoms. The van der Waals surface area contributed by atoms with E-state index in [0.717, 1.165) is 17.9 Å². The number of hydrogen-bond donors (Lipinski definition) is 1. The summed E-state index contributed by atoms with van der Waals surface area (Å²) in [5, 5.41) is 0. The van der Waals surface area contributed by atoms with Gasteiger partial charge in [-0.15, -0.1) is 0 Å². The SMILES string of the molecule is COCCOCCOc1ccc(CC(C)N)nc1. The van der Waals surface area contributed by atoms with Crippen LogP contribution in [0.4, 0.5) is 0 Å². The molecule has 0 aliphatic heterocycles. The molecule has 1 unspecified atom stereocenters. The Kier molecular flexibility index (Phi) is 7.32. The van der Waals surface area contributed by atoms with Crippen molar-refractivity contribution in [3.05, 3.63) is 24.0 Å². The average molecular weight is 254 g/mol. The molecule has 5 heteroatoms. The van der Waals surface area contributed by atoms with Crippen molar-refractivity contribution in [3.8, 4) is 5.75 Å². The largest absolute Gasteiger partial charge is 0.490 e. The van der Waals surface area contributed by atoms with Crippen molar-refractivity contribution < 1.29 is 14.2 Å². The molecule has 102 valence electrons. The maximum atomic E-state index is 5.70. The summed E-state index contributed by atoms with van der Waals surface area (Å²) in [4.78, 5) is 4.28. The zero-order valence-corrected chi connectivity index (χ0v) is 11.1. The second-order valence-electron chi connectivity index (χ2n) is 4.12. The number of aromatic nitrogens is 1. The van der Waals surface area contributed by atoms with Crippen molar-refractivity contribution in [1.29, 1.82) is 0 Å². The number of methoxy groups -OCH3 is 1. The van der Waals surface area contributed by atoms with Gasteiger partial charge in [0.1, 0.15) is 12.4 Å². The summed E-state index contributed by atoms with van der Waals surface area (Å²) in [6, 6.07) is 3.96. The van der Waals surface area contributed by atoms with Crippen LogP contribution in [0.15, 0.2) is 18.3 Å². The zero-order chi connectivity index (χ0) is 13.2. The van der Waals surface area contributed by atoms with Gasteiger partial charge >= 0.3 is 0 Å². The van der Waals surface area contributed by atoms with E-state index >= 15 is 0 Å². The van der Waals surface area contributed by atoms with Gasteiger partial charge in [0.15, 0.2) is 0 Å². The summed E-state index contributed by atoms with van der Waals surface area (Å²) in [5.74, 6) is 0.749. The Bertz CT molecular complexity index is 315. The predicted molar refractivity (Wildman–Crippen MR) is 69.8 cm³/mol. The van der Waals surface area contributed by atoms with Crippen molar-refractivity contribution in [1.82, 2.24) is 4.98 Å². The minimum atomic E-state index is 0.124. The van der Waals surface area contributed by atoms with Crippen LogP contribution in [-0.2, 0) is 15.9 Å². The first-order valence-electron chi connectivity index (χ1n) is 6.12. The number of rotatable bonds is 9. The molecule has 5 nitrogen and oxygen atoms in total. The van der Waals surface area contributed by atoms with Gasteiger partial charge in [0.2, 0.25) is 0 Å². The molecule has 1 aromatic heterocycles. The number of ether oxygens (including phenoxy) is 3. The molecule has 0 saturated heterocycles. The van der Waals surface area contributed by atoms with E-state index in [1.165, 1.54) is 0 Å². The first-order valence-corrected chi connectivity index (χ1v) is 6.12. The maximum Gasteiger partial charge on any atom is 0.137 e. The van der Waals surface area contributed by atoms with Crippen LogP contribution >= 0.6 is 0 Å². The maximum absolute atomic E-state index is 5.70. The molecule has 2 N–H and O–H groups in total. The fourth-order valence-electron chi connectivity index (χ4n) is 1.41. The Labute approximate surface area is 108 Å². The summed E-state index contributed by atoms with van der Waals surface area (Å²) in [7, 11) is 1.65. The Balaban J connectivity index is 2.18. The van der Waals surface area contributed by atoms with Crippen molar-refractivity contribution in [2.24, 2.45) is 5.73 Å². The van der Waals surface area contributed by atoms with Crippen LogP contribution in [0.3, 0.4) is 0 Å². The summed E-state index contributed by atoms with van der Waals surface area (Å²) >= 11 is 0. The van der Waals surface area contributed by atoms with Crippen molar-refractivity contribution in [2.45, 2.75) is 19.4 Å². The molecule has 0 aliphatic rings. The average Bonchev–Trinajstić information content (AvgIpc) is 2.35. The normalized spacial score (nSPS) is 12.4. The van der Waals surface area contributed by atoms with E-state index < -0.39 is 0 Å². The number of nitrogens with two attached hydrogens (primary N) is 1. The third-order valence-corrected chi connectivity index (χ3v) is 2.26. The summed E-state index contributed by atoms with van der Waals surface area (Å²) < 4.78 is 15.6. The standard InChI is InChI=1S/C13H22N2O3/c1-11(14)9-12-3-4-13(10-15-12)18-8-7-17-6-5-16-2/h3-4,10-11H,5-9,14H2,1-2H3. The molecule has 1 heterocycles. The molecule has 0 saturated carbocycles. The van der Waals surface area contributed by atoms with Crippen molar-refractivity contribution in [2.75, 3.05) is 33.5 Å². The third kappa shape index (κ3) is 6.54. The fraction of sp³-hybridized carbons (Fsp3) is 0.615. The van der Waals surface area contributed by atoms with E-state index in [1.807, 2.05) is 19.1 Å². The van der Waals surface area contributed by atoms with Gasteiger partial charge in [0, 0.05) is 25.3 Å². The molecule has 0 amide bonds. The minimum Gasteiger partial charge on any atom is -0.490 e. The number of hydrogen-bond acceptors (Lipinski definition) is 5. The lowest BCUT2D eigenvalue weighted by Crippen LogP contribution is -2.18. The lowest BCUT2D eigenvalue weighted by molar-refractivity contribution is 0.0543. The molecule has 0 aliphatic carbocycles. The topological polar surface area (TPSA) is 66.6 Å². The molecule has 18 heavy (non-hydrogen) atoms. The molecular weight excluding hydrogens is 232 g/mol. The van der Waals surface area contributed by atoms with Gasteiger partial charge in [0.25, 0.3) is 0 Å². The van der Waals surface area contributed by atoms with E-state index in [-0.39, 0.29) is 6.04 Å². The summed E-state index contributed by atoms with van der Waals surface area (Å²) in [6.45, 7) is 4.21. The second kappa shape index (κ2) is 8.85. The summed E-state index contributed by atoms with van der Waals surface area (Å²) in [6.07, 6.45) is 2.49. The highest BCUT2D eigenvalue weighted by Crippen LogP contribution is 2.09. The van der Waals surface area contributed by atoms with Crippen molar-refractivity contribution in [3.63, 3.8) is 0 Å². The highest BCUT2D eigenvalue weighted by atomic mass is 16.5. The van der Waals surface area contributed by atoms with E-state index in [9.17, 15) is 0 Å². The van der Waals surface area contributed by atoms with Gasteiger partial charge in [-0.1, -0.05) is 0 Å². The Hall–Kier alpha value is -1.17. The van der Waals surface area contributed by atoms with Crippen LogP contribution in [0.25, 0.3) is 0 Å². The number of pyridine rings is 1. The highest BCUT2D eigenvalue weighted by Gasteiger charge is 2.00. The van der Waals surface area contributed by atoms with E-state index in [4.69, 9.17) is 19.9 Å². The molecule has 1 aromatic rings. The molecule has 1 atom stereocenters. The monoisotopic (exact) mass is 254 g/mol. The fourth-order valence-corrected chi connectivity index (χ4v) is 1.41. The van der Waals surface area contributed by atoms with Crippen LogP contribution in [0, 0.1) is 0 Å². The van der Waals surface area contributed by atoms with Crippen LogP contribution in [-0.4, -0.2) is 44.6 Å². The zero-order valence-electron chi connectivity index (χ0n) is 11.1. The lowest BCUT2D eigenvalue weighted by atomic mass is 10.2. The molecule has 1 rings (SSSR count). The van der Waals surface area contributed by atoms with Crippen LogP contribution in [0.1, 0.15) is 12.6 Å². The van der Waals surface area contributed by atoms with Crippen LogP contribution < -0.4 is 10.5 Å². The van der Waals surface area contributed by atoms with Crippen LogP contribution in [0.5, 0.6) is 5.75 Å². The molecular formula is C13H22N2O3. The molecule has 0 fully saturated rings. The molecule has 0 spiro atoms. The van der Waals surface area contributed by atoms with Gasteiger partial charge in [-0.05, 0) is 19.1 Å². The van der Waals surface area contributed by atoms with Gasteiger partial charge in [-0.2, -0.15) is 0 Å². The highest BCUT2D eigenvalue weighted by molar-refractivity contribution is 5.20. The van der Waals surface area contributed by atoms with E-state index in [0.29, 0.717) is 26.4 Å². The van der Waals surface area contributed by atoms with E-state index in [2.05, 4.69) is 4.98 Å². The van der Waals surface area contributed by atoms with Crippen molar-refractivity contribution >= 4 is 0 Å². The van der Waals surface area contributed by atoms with Gasteiger partial charge in [0.05, 0.1) is 26.0 Å². The number of nitrogens with zero attached hydrogens (tertiary/aromatic N) is 1. The Morgan fingerprint density at radius 3 is 2.61 bits per heavy atom. The van der Waals surface area contributed by atoms with E-state index in [1.54, 1.807) is 13.3 Å². The minimum absolute atomic E-state index is 0.124. The third-order valence-electron chi connectivity index (χ3n) is 2.26. The van der Waals surface area contributed by atoms with Crippen LogP contribution in [0.2, 0.25) is 0 Å². The van der Waals surface area contributed by atoms with Gasteiger partial charge in [-0.3, -0.25) is 4.98 Å². The van der Waals surface area contributed by atoms with Gasteiger partial charge in [-0.25, -0.2) is 0 Å². The predicted octanol–water partition coefficient (Wildman–Crippen LogP) is 1.01. The molecule has 0 radical (unpaired) electrons. The quantitative estimate of drug-likeness (QED) is 0.666. The first kappa shape index (κ1) is 14.9. The first-order chi connectivity index (χ1) is 8.72. The molecule has 0 aromatic carbocycles.